The molecular formula is C21H24ClN5O3S. The first-order valence-electron chi connectivity index (χ1n) is 10.1. The van der Waals surface area contributed by atoms with E-state index in [1.54, 1.807) is 17.0 Å². The van der Waals surface area contributed by atoms with Crippen LogP contribution in [0.3, 0.4) is 0 Å². The Morgan fingerprint density at radius 1 is 1.06 bits per heavy atom. The second-order valence-electron chi connectivity index (χ2n) is 7.36. The zero-order valence-electron chi connectivity index (χ0n) is 16.9. The standard InChI is InChI=1S/C21H24ClN5O3S/c22-17-5-3-6-18(15-17)31(29,30)27-13-11-25(12-14-27)21(28)23-9-4-10-26-16-24-19-7-1-2-8-20(19)26/h1-3,5-8,15-16H,4,9-14H2,(H,23,28). The molecule has 2 heterocycles. The molecule has 0 atom stereocenters. The molecule has 4 rings (SSSR count). The van der Waals surface area contributed by atoms with Gasteiger partial charge < -0.3 is 14.8 Å². The predicted molar refractivity (Wildman–Crippen MR) is 120 cm³/mol. The zero-order chi connectivity index (χ0) is 21.8. The molecule has 10 heteroatoms. The summed E-state index contributed by atoms with van der Waals surface area (Å²) in [6.07, 6.45) is 2.58. The van der Waals surface area contributed by atoms with Crippen molar-refractivity contribution in [3.05, 3.63) is 59.9 Å². The van der Waals surface area contributed by atoms with Gasteiger partial charge in [-0.15, -0.1) is 0 Å². The number of para-hydroxylation sites is 2. The molecule has 0 spiro atoms. The van der Waals surface area contributed by atoms with Crippen LogP contribution >= 0.6 is 11.6 Å². The van der Waals surface area contributed by atoms with E-state index in [4.69, 9.17) is 11.6 Å². The highest BCUT2D eigenvalue weighted by Crippen LogP contribution is 2.21. The number of hydrogen-bond donors (Lipinski definition) is 1. The van der Waals surface area contributed by atoms with E-state index in [1.807, 2.05) is 30.6 Å². The summed E-state index contributed by atoms with van der Waals surface area (Å²) >= 11 is 5.93. The van der Waals surface area contributed by atoms with E-state index in [0.717, 1.165) is 24.0 Å². The molecular weight excluding hydrogens is 438 g/mol. The number of nitrogens with zero attached hydrogens (tertiary/aromatic N) is 4. The van der Waals surface area contributed by atoms with Gasteiger partial charge in [-0.2, -0.15) is 4.31 Å². The zero-order valence-corrected chi connectivity index (χ0v) is 18.5. The summed E-state index contributed by atoms with van der Waals surface area (Å²) in [5, 5.41) is 3.30. The van der Waals surface area contributed by atoms with Gasteiger partial charge in [-0.1, -0.05) is 29.8 Å². The van der Waals surface area contributed by atoms with E-state index in [1.165, 1.54) is 16.4 Å². The van der Waals surface area contributed by atoms with Gasteiger partial charge in [0.25, 0.3) is 0 Å². The number of benzene rings is 2. The van der Waals surface area contributed by atoms with Crippen LogP contribution in [-0.2, 0) is 16.6 Å². The van der Waals surface area contributed by atoms with Gasteiger partial charge in [0, 0.05) is 44.3 Å². The van der Waals surface area contributed by atoms with Crippen molar-refractivity contribution in [3.63, 3.8) is 0 Å². The van der Waals surface area contributed by atoms with Gasteiger partial charge in [-0.05, 0) is 36.8 Å². The van der Waals surface area contributed by atoms with Crippen molar-refractivity contribution in [1.82, 2.24) is 24.1 Å². The number of nitrogens with one attached hydrogen (secondary N) is 1. The minimum Gasteiger partial charge on any atom is -0.338 e. The molecule has 1 aromatic heterocycles. The van der Waals surface area contributed by atoms with Crippen molar-refractivity contribution in [2.24, 2.45) is 0 Å². The van der Waals surface area contributed by atoms with Gasteiger partial charge >= 0.3 is 6.03 Å². The lowest BCUT2D eigenvalue weighted by Crippen LogP contribution is -2.53. The summed E-state index contributed by atoms with van der Waals surface area (Å²) in [5.41, 5.74) is 2.03. The molecule has 1 aliphatic heterocycles. The number of carbonyl (C=O) groups excluding carboxylic acids is 1. The number of urea groups is 1. The van der Waals surface area contributed by atoms with Crippen LogP contribution in [0.15, 0.2) is 59.8 Å². The van der Waals surface area contributed by atoms with Crippen molar-refractivity contribution in [2.45, 2.75) is 17.9 Å². The van der Waals surface area contributed by atoms with Crippen LogP contribution in [0.4, 0.5) is 4.79 Å². The van der Waals surface area contributed by atoms with Crippen LogP contribution in [-0.4, -0.2) is 65.9 Å². The quantitative estimate of drug-likeness (QED) is 0.572. The Morgan fingerprint density at radius 2 is 1.84 bits per heavy atom. The number of piperazine rings is 1. The number of imidazole rings is 1. The van der Waals surface area contributed by atoms with Gasteiger partial charge in [0.1, 0.15) is 0 Å². The molecule has 1 N–H and O–H groups in total. The predicted octanol–water partition coefficient (Wildman–Crippen LogP) is 2.80. The molecule has 8 nitrogen and oxygen atoms in total. The third-order valence-corrected chi connectivity index (χ3v) is 7.47. The lowest BCUT2D eigenvalue weighted by atomic mass is 10.3. The monoisotopic (exact) mass is 461 g/mol. The van der Waals surface area contributed by atoms with Gasteiger partial charge in [0.05, 0.1) is 22.3 Å². The van der Waals surface area contributed by atoms with Gasteiger partial charge in [0.2, 0.25) is 10.0 Å². The van der Waals surface area contributed by atoms with E-state index in [0.29, 0.717) is 24.7 Å². The van der Waals surface area contributed by atoms with Gasteiger partial charge in [0.15, 0.2) is 0 Å². The van der Waals surface area contributed by atoms with E-state index in [9.17, 15) is 13.2 Å². The van der Waals surface area contributed by atoms with Crippen LogP contribution < -0.4 is 5.32 Å². The molecule has 3 aromatic rings. The Labute approximate surface area is 186 Å². The molecule has 0 aliphatic carbocycles. The highest BCUT2D eigenvalue weighted by atomic mass is 35.5. The summed E-state index contributed by atoms with van der Waals surface area (Å²) in [6, 6.07) is 14.0. The summed E-state index contributed by atoms with van der Waals surface area (Å²) in [4.78, 5) is 18.6. The maximum absolute atomic E-state index is 12.8. The van der Waals surface area contributed by atoms with E-state index >= 15 is 0 Å². The SMILES string of the molecule is O=C(NCCCn1cnc2ccccc21)N1CCN(S(=O)(=O)c2cccc(Cl)c2)CC1. The van der Waals surface area contributed by atoms with Crippen LogP contribution in [0.5, 0.6) is 0 Å². The molecule has 0 saturated carbocycles. The van der Waals surface area contributed by atoms with Crippen molar-refractivity contribution < 1.29 is 13.2 Å². The van der Waals surface area contributed by atoms with E-state index in [2.05, 4.69) is 14.9 Å². The smallest absolute Gasteiger partial charge is 0.317 e. The number of sulfonamides is 1. The van der Waals surface area contributed by atoms with Crippen molar-refractivity contribution >= 4 is 38.7 Å². The molecule has 0 radical (unpaired) electrons. The van der Waals surface area contributed by atoms with Crippen molar-refractivity contribution in [3.8, 4) is 0 Å². The Morgan fingerprint density at radius 3 is 2.61 bits per heavy atom. The number of hydrogen-bond acceptors (Lipinski definition) is 4. The number of aryl methyl sites for hydroxylation is 1. The van der Waals surface area contributed by atoms with Crippen LogP contribution in [0.1, 0.15) is 6.42 Å². The van der Waals surface area contributed by atoms with Crippen LogP contribution in [0, 0.1) is 0 Å². The fourth-order valence-corrected chi connectivity index (χ4v) is 5.38. The van der Waals surface area contributed by atoms with Gasteiger partial charge in [-0.3, -0.25) is 0 Å². The molecule has 164 valence electrons. The van der Waals surface area contributed by atoms with Crippen LogP contribution in [0.2, 0.25) is 5.02 Å². The second kappa shape index (κ2) is 9.25. The van der Waals surface area contributed by atoms with Crippen molar-refractivity contribution in [2.75, 3.05) is 32.7 Å². The molecule has 31 heavy (non-hydrogen) atoms. The summed E-state index contributed by atoms with van der Waals surface area (Å²) in [6.45, 7) is 2.49. The highest BCUT2D eigenvalue weighted by molar-refractivity contribution is 7.89. The molecule has 0 unspecified atom stereocenters. The first kappa shape index (κ1) is 21.6. The normalized spacial score (nSPS) is 15.3. The average molecular weight is 462 g/mol. The number of carbonyl (C=O) groups is 1. The number of fused-ring (bicyclic) bond motifs is 1. The summed E-state index contributed by atoms with van der Waals surface area (Å²) in [5.74, 6) is 0. The maximum Gasteiger partial charge on any atom is 0.317 e. The Kier molecular flexibility index (Phi) is 6.45. The maximum atomic E-state index is 12.8. The minimum atomic E-state index is -3.62. The number of rotatable bonds is 6. The first-order chi connectivity index (χ1) is 14.9. The molecule has 2 amide bonds. The topological polar surface area (TPSA) is 87.5 Å². The Balaban J connectivity index is 1.24. The first-order valence-corrected chi connectivity index (χ1v) is 12.0. The minimum absolute atomic E-state index is 0.171. The summed E-state index contributed by atoms with van der Waals surface area (Å²) in [7, 11) is -3.62. The van der Waals surface area contributed by atoms with E-state index in [-0.39, 0.29) is 24.0 Å². The summed E-state index contributed by atoms with van der Waals surface area (Å²) < 4.78 is 29.0. The fourth-order valence-electron chi connectivity index (χ4n) is 3.65. The number of halogens is 1. The average Bonchev–Trinajstić information content (AvgIpc) is 3.20. The molecule has 0 bridgehead atoms. The largest absolute Gasteiger partial charge is 0.338 e. The lowest BCUT2D eigenvalue weighted by Gasteiger charge is -2.34. The van der Waals surface area contributed by atoms with E-state index < -0.39 is 10.0 Å². The number of aromatic nitrogens is 2. The van der Waals surface area contributed by atoms with Crippen molar-refractivity contribution in [1.29, 1.82) is 0 Å². The molecule has 1 aliphatic rings. The molecule has 1 saturated heterocycles. The molecule has 1 fully saturated rings. The Hall–Kier alpha value is -2.62. The number of amides is 2. The third kappa shape index (κ3) is 4.84. The van der Waals surface area contributed by atoms with Crippen LogP contribution in [0.25, 0.3) is 11.0 Å². The molecule has 2 aromatic carbocycles. The van der Waals surface area contributed by atoms with Gasteiger partial charge in [-0.25, -0.2) is 18.2 Å². The third-order valence-electron chi connectivity index (χ3n) is 5.34. The fraction of sp³-hybridized carbons (Fsp3) is 0.333. The lowest BCUT2D eigenvalue weighted by molar-refractivity contribution is 0.172. The Bertz CT molecular complexity index is 1170. The second-order valence-corrected chi connectivity index (χ2v) is 9.74. The highest BCUT2D eigenvalue weighted by Gasteiger charge is 2.30.